The Morgan fingerprint density at radius 1 is 0.541 bits per heavy atom. The van der Waals surface area contributed by atoms with Crippen molar-refractivity contribution in [1.82, 2.24) is 9.13 Å². The summed E-state index contributed by atoms with van der Waals surface area (Å²) >= 11 is 0. The lowest BCUT2D eigenvalue weighted by Gasteiger charge is -2.10. The van der Waals surface area contributed by atoms with Crippen LogP contribution in [-0.2, 0) is 0 Å². The van der Waals surface area contributed by atoms with Crippen molar-refractivity contribution < 1.29 is 4.92 Å². The number of rotatable bonds is 4. The molecule has 0 saturated carbocycles. The molecule has 5 aromatic carbocycles. The van der Waals surface area contributed by atoms with Gasteiger partial charge in [-0.3, -0.25) is 10.1 Å². The van der Waals surface area contributed by atoms with Gasteiger partial charge in [0.1, 0.15) is 0 Å². The van der Waals surface area contributed by atoms with Crippen LogP contribution in [0.2, 0.25) is 0 Å². The fourth-order valence-corrected chi connectivity index (χ4v) is 5.47. The lowest BCUT2D eigenvalue weighted by molar-refractivity contribution is -0.384. The second kappa shape index (κ2) is 8.21. The lowest BCUT2D eigenvalue weighted by atomic mass is 10.0. The molecule has 0 aliphatic rings. The third-order valence-electron chi connectivity index (χ3n) is 7.00. The summed E-state index contributed by atoms with van der Waals surface area (Å²) in [6.07, 6.45) is 0. The number of fused-ring (bicyclic) bond motifs is 5. The Morgan fingerprint density at radius 2 is 1.08 bits per heavy atom. The van der Waals surface area contributed by atoms with Crippen molar-refractivity contribution in [2.24, 2.45) is 0 Å². The van der Waals surface area contributed by atoms with Gasteiger partial charge >= 0.3 is 0 Å². The zero-order valence-corrected chi connectivity index (χ0v) is 19.8. The predicted octanol–water partition coefficient (Wildman–Crippen LogP) is 8.30. The van der Waals surface area contributed by atoms with Gasteiger partial charge < -0.3 is 9.13 Å². The van der Waals surface area contributed by atoms with Gasteiger partial charge in [0.15, 0.2) is 0 Å². The molecule has 5 heteroatoms. The van der Waals surface area contributed by atoms with Crippen LogP contribution in [0.5, 0.6) is 0 Å². The average molecular weight is 480 g/mol. The zero-order chi connectivity index (χ0) is 24.9. The van der Waals surface area contributed by atoms with Crippen LogP contribution in [0, 0.1) is 10.1 Å². The molecule has 7 aromatic rings. The number of para-hydroxylation sites is 4. The minimum absolute atomic E-state index is 0.101. The molecule has 0 aliphatic heterocycles. The Hall–Kier alpha value is -5.16. The van der Waals surface area contributed by atoms with E-state index in [1.807, 2.05) is 54.6 Å². The van der Waals surface area contributed by atoms with Gasteiger partial charge in [0.05, 0.1) is 32.6 Å². The molecule has 0 spiro atoms. The first kappa shape index (κ1) is 21.1. The van der Waals surface area contributed by atoms with Crippen LogP contribution in [0.3, 0.4) is 0 Å². The molecule has 0 unspecified atom stereocenters. The van der Waals surface area contributed by atoms with Crippen molar-refractivity contribution in [3.05, 3.63) is 138 Å². The van der Waals surface area contributed by atoms with Crippen LogP contribution < -0.4 is 0 Å². The summed E-state index contributed by atoms with van der Waals surface area (Å²) < 4.78 is 4.60. The van der Waals surface area contributed by atoms with E-state index >= 15 is 0 Å². The zero-order valence-electron chi connectivity index (χ0n) is 19.8. The third-order valence-corrected chi connectivity index (χ3v) is 7.00. The van der Waals surface area contributed by atoms with Gasteiger partial charge in [-0.15, -0.1) is 0 Å². The molecule has 0 N–H and O–H groups in total. The second-order valence-electron chi connectivity index (χ2n) is 9.06. The average Bonchev–Trinajstić information content (AvgIpc) is 3.46. The van der Waals surface area contributed by atoms with Crippen molar-refractivity contribution in [3.63, 3.8) is 0 Å². The summed E-state index contributed by atoms with van der Waals surface area (Å²) in [7, 11) is 0. The molecule has 0 aliphatic carbocycles. The van der Waals surface area contributed by atoms with Gasteiger partial charge in [-0.1, -0.05) is 72.8 Å². The Labute approximate surface area is 212 Å². The molecule has 7 rings (SSSR count). The number of nitrogens with zero attached hydrogens (tertiary/aromatic N) is 3. The van der Waals surface area contributed by atoms with Gasteiger partial charge in [-0.2, -0.15) is 0 Å². The van der Waals surface area contributed by atoms with Crippen molar-refractivity contribution in [2.45, 2.75) is 0 Å². The number of benzene rings is 5. The molecule has 2 heterocycles. The summed E-state index contributed by atoms with van der Waals surface area (Å²) in [5.41, 5.74) is 8.01. The van der Waals surface area contributed by atoms with Crippen molar-refractivity contribution in [1.29, 1.82) is 0 Å². The number of nitro benzene ring substituents is 1. The summed E-state index contributed by atoms with van der Waals surface area (Å²) in [6, 6.07) is 42.2. The number of nitro groups is 1. The molecule has 0 amide bonds. The van der Waals surface area contributed by atoms with Crippen LogP contribution in [0.15, 0.2) is 127 Å². The maximum atomic E-state index is 11.8. The van der Waals surface area contributed by atoms with Gasteiger partial charge in [0.2, 0.25) is 0 Å². The summed E-state index contributed by atoms with van der Waals surface area (Å²) in [5, 5.41) is 14.0. The van der Waals surface area contributed by atoms with E-state index in [1.165, 1.54) is 0 Å². The highest BCUT2D eigenvalue weighted by molar-refractivity contribution is 6.20. The minimum atomic E-state index is -0.314. The fourth-order valence-electron chi connectivity index (χ4n) is 5.47. The monoisotopic (exact) mass is 479 g/mol. The lowest BCUT2D eigenvalue weighted by Crippen LogP contribution is -1.94. The molecule has 37 heavy (non-hydrogen) atoms. The van der Waals surface area contributed by atoms with Crippen LogP contribution in [0.1, 0.15) is 0 Å². The highest BCUT2D eigenvalue weighted by Crippen LogP contribution is 2.42. The van der Waals surface area contributed by atoms with Crippen LogP contribution >= 0.6 is 0 Å². The topological polar surface area (TPSA) is 53.0 Å². The Balaban J connectivity index is 1.68. The van der Waals surface area contributed by atoms with Crippen LogP contribution in [-0.4, -0.2) is 14.1 Å². The SMILES string of the molecule is O=[N+]([O-])c1ccccc1-c1ccc2c(c1)c1c(c3ccccc3n1-c1ccccc1)n2-c1ccccc1. The highest BCUT2D eigenvalue weighted by Gasteiger charge is 2.23. The first-order valence-corrected chi connectivity index (χ1v) is 12.1. The second-order valence-corrected chi connectivity index (χ2v) is 9.06. The number of hydrogen-bond donors (Lipinski definition) is 0. The molecule has 0 radical (unpaired) electrons. The molecule has 0 atom stereocenters. The molecule has 0 bridgehead atoms. The molecular formula is C32H21N3O2. The molecule has 2 aromatic heterocycles. The smallest absolute Gasteiger partial charge is 0.277 e. The van der Waals surface area contributed by atoms with Gasteiger partial charge in [0.25, 0.3) is 5.69 Å². The number of aromatic nitrogens is 2. The Morgan fingerprint density at radius 3 is 1.76 bits per heavy atom. The van der Waals surface area contributed by atoms with Crippen molar-refractivity contribution in [2.75, 3.05) is 0 Å². The molecule has 176 valence electrons. The first-order valence-electron chi connectivity index (χ1n) is 12.1. The third kappa shape index (κ3) is 3.18. The minimum Gasteiger partial charge on any atom is -0.307 e. The molecular weight excluding hydrogens is 458 g/mol. The van der Waals surface area contributed by atoms with E-state index < -0.39 is 0 Å². The van der Waals surface area contributed by atoms with Crippen LogP contribution in [0.4, 0.5) is 5.69 Å². The van der Waals surface area contributed by atoms with Crippen molar-refractivity contribution >= 4 is 38.5 Å². The van der Waals surface area contributed by atoms with E-state index in [2.05, 4.69) is 69.8 Å². The summed E-state index contributed by atoms with van der Waals surface area (Å²) in [4.78, 5) is 11.5. The van der Waals surface area contributed by atoms with Crippen LogP contribution in [0.25, 0.3) is 55.3 Å². The van der Waals surface area contributed by atoms with E-state index in [0.717, 1.165) is 49.8 Å². The number of hydrogen-bond acceptors (Lipinski definition) is 2. The normalized spacial score (nSPS) is 11.5. The van der Waals surface area contributed by atoms with Gasteiger partial charge in [-0.25, -0.2) is 0 Å². The highest BCUT2D eigenvalue weighted by atomic mass is 16.6. The van der Waals surface area contributed by atoms with E-state index in [4.69, 9.17) is 0 Å². The van der Waals surface area contributed by atoms with E-state index in [-0.39, 0.29) is 10.6 Å². The van der Waals surface area contributed by atoms with Crippen molar-refractivity contribution in [3.8, 4) is 22.5 Å². The largest absolute Gasteiger partial charge is 0.307 e. The maximum absolute atomic E-state index is 11.8. The fraction of sp³-hybridized carbons (Fsp3) is 0. The predicted molar refractivity (Wildman–Crippen MR) is 150 cm³/mol. The quantitative estimate of drug-likeness (QED) is 0.188. The maximum Gasteiger partial charge on any atom is 0.277 e. The Kier molecular flexibility index (Phi) is 4.69. The Bertz CT molecular complexity index is 1910. The van der Waals surface area contributed by atoms with E-state index in [9.17, 15) is 10.1 Å². The van der Waals surface area contributed by atoms with Gasteiger partial charge in [0, 0.05) is 28.2 Å². The molecule has 0 saturated heterocycles. The summed E-state index contributed by atoms with van der Waals surface area (Å²) in [6.45, 7) is 0. The molecule has 5 nitrogen and oxygen atoms in total. The van der Waals surface area contributed by atoms with Gasteiger partial charge in [-0.05, 0) is 54.1 Å². The van der Waals surface area contributed by atoms with E-state index in [1.54, 1.807) is 12.1 Å². The first-order chi connectivity index (χ1) is 18.2. The summed E-state index contributed by atoms with van der Waals surface area (Å²) in [5.74, 6) is 0. The molecule has 0 fully saturated rings. The van der Waals surface area contributed by atoms with E-state index in [0.29, 0.717) is 5.56 Å². The standard InChI is InChI=1S/C32H21N3O2/c36-35(37)30-18-10-7-15-25(30)22-19-20-29-27(21-22)32-31(34(29)24-13-5-2-6-14-24)26-16-8-9-17-28(26)33(32)23-11-3-1-4-12-23/h1-21H.